The molecule has 0 bridgehead atoms. The molecule has 2 aromatic rings. The van der Waals surface area contributed by atoms with Gasteiger partial charge in [-0.2, -0.15) is 0 Å². The predicted molar refractivity (Wildman–Crippen MR) is 80.5 cm³/mol. The van der Waals surface area contributed by atoms with Crippen LogP contribution in [0.1, 0.15) is 16.0 Å². The van der Waals surface area contributed by atoms with Crippen LogP contribution < -0.4 is 4.72 Å². The van der Waals surface area contributed by atoms with Crippen molar-refractivity contribution in [3.05, 3.63) is 51.4 Å². The topological polar surface area (TPSA) is 66.4 Å². The van der Waals surface area contributed by atoms with Gasteiger partial charge in [0, 0.05) is 16.4 Å². The Morgan fingerprint density at radius 3 is 2.50 bits per heavy atom. The van der Waals surface area contributed by atoms with Gasteiger partial charge in [-0.1, -0.05) is 23.7 Å². The van der Waals surface area contributed by atoms with E-state index in [1.165, 1.54) is 0 Å². The lowest BCUT2D eigenvalue weighted by Gasteiger charge is -2.05. The molecule has 0 saturated heterocycles. The van der Waals surface area contributed by atoms with E-state index < -0.39 is 10.0 Å². The van der Waals surface area contributed by atoms with Crippen LogP contribution in [0.25, 0.3) is 0 Å². The number of aryl methyl sites for hydroxylation is 1. The van der Waals surface area contributed by atoms with Crippen LogP contribution in [0.4, 0.5) is 0 Å². The number of hydrogen-bond acceptors (Lipinski definition) is 4. The highest BCUT2D eigenvalue weighted by molar-refractivity contribution is 7.91. The Kier molecular flexibility index (Phi) is 4.82. The Bertz CT molecular complexity index is 693. The van der Waals surface area contributed by atoms with Gasteiger partial charge in [-0.05, 0) is 36.2 Å². The molecule has 7 heteroatoms. The molecule has 0 atom stereocenters. The highest BCUT2D eigenvalue weighted by Gasteiger charge is 2.18. The first-order valence-corrected chi connectivity index (χ1v) is 8.54. The van der Waals surface area contributed by atoms with Crippen molar-refractivity contribution in [1.29, 1.82) is 0 Å². The zero-order valence-corrected chi connectivity index (χ0v) is 13.1. The largest absolute Gasteiger partial charge is 0.391 e. The molecule has 0 saturated carbocycles. The van der Waals surface area contributed by atoms with Gasteiger partial charge in [-0.25, -0.2) is 13.1 Å². The van der Waals surface area contributed by atoms with Crippen molar-refractivity contribution in [2.45, 2.75) is 24.3 Å². The Morgan fingerprint density at radius 1 is 1.30 bits per heavy atom. The first-order chi connectivity index (χ1) is 9.42. The van der Waals surface area contributed by atoms with Crippen LogP contribution in [0.15, 0.2) is 34.5 Å². The van der Waals surface area contributed by atoms with Crippen molar-refractivity contribution in [2.75, 3.05) is 0 Å². The molecule has 0 aliphatic rings. The minimum absolute atomic E-state index is 0.150. The van der Waals surface area contributed by atoms with Crippen molar-refractivity contribution < 1.29 is 13.5 Å². The molecule has 2 N–H and O–H groups in total. The third-order valence-electron chi connectivity index (χ3n) is 2.79. The van der Waals surface area contributed by atoms with E-state index in [1.54, 1.807) is 37.3 Å². The molecule has 0 unspecified atom stereocenters. The Morgan fingerprint density at radius 2 is 1.95 bits per heavy atom. The third-order valence-corrected chi connectivity index (χ3v) is 6.13. The first kappa shape index (κ1) is 15.5. The number of thiophene rings is 1. The lowest BCUT2D eigenvalue weighted by molar-refractivity contribution is 0.285. The molecule has 2 rings (SSSR count). The molecule has 4 nitrogen and oxygen atoms in total. The summed E-state index contributed by atoms with van der Waals surface area (Å²) in [6.07, 6.45) is 0. The van der Waals surface area contributed by atoms with Gasteiger partial charge in [-0.15, -0.1) is 11.3 Å². The molecule has 1 aromatic carbocycles. The molecule has 0 aliphatic heterocycles. The lowest BCUT2D eigenvalue weighted by atomic mass is 10.2. The number of nitrogens with one attached hydrogen (secondary N) is 1. The Balaban J connectivity index is 2.12. The van der Waals surface area contributed by atoms with Gasteiger partial charge in [0.25, 0.3) is 0 Å². The zero-order chi connectivity index (χ0) is 14.8. The molecule has 0 radical (unpaired) electrons. The fraction of sp³-hybridized carbons (Fsp3) is 0.231. The van der Waals surface area contributed by atoms with Gasteiger partial charge in [0.1, 0.15) is 4.21 Å². The Labute approximate surface area is 127 Å². The number of sulfonamides is 1. The molecular weight excluding hydrogens is 318 g/mol. The van der Waals surface area contributed by atoms with E-state index in [4.69, 9.17) is 16.7 Å². The van der Waals surface area contributed by atoms with Crippen LogP contribution >= 0.6 is 22.9 Å². The van der Waals surface area contributed by atoms with Crippen LogP contribution in [-0.2, 0) is 23.2 Å². The summed E-state index contributed by atoms with van der Waals surface area (Å²) in [6, 6.07) is 8.53. The van der Waals surface area contributed by atoms with Crippen LogP contribution in [0.5, 0.6) is 0 Å². The van der Waals surface area contributed by atoms with E-state index >= 15 is 0 Å². The first-order valence-electron chi connectivity index (χ1n) is 5.86. The Hall–Kier alpha value is -0.920. The maximum atomic E-state index is 12.1. The normalized spacial score (nSPS) is 11.8. The van der Waals surface area contributed by atoms with Crippen molar-refractivity contribution in [1.82, 2.24) is 4.72 Å². The van der Waals surface area contributed by atoms with Gasteiger partial charge in [-0.3, -0.25) is 0 Å². The molecule has 108 valence electrons. The van der Waals surface area contributed by atoms with Crippen LogP contribution in [0.3, 0.4) is 0 Å². The van der Waals surface area contributed by atoms with E-state index in [9.17, 15) is 8.42 Å². The van der Waals surface area contributed by atoms with Gasteiger partial charge >= 0.3 is 0 Å². The lowest BCUT2D eigenvalue weighted by Crippen LogP contribution is -2.22. The molecule has 1 heterocycles. The maximum Gasteiger partial charge on any atom is 0.250 e. The second-order valence-electron chi connectivity index (χ2n) is 4.28. The fourth-order valence-electron chi connectivity index (χ4n) is 1.63. The van der Waals surface area contributed by atoms with E-state index in [-0.39, 0.29) is 17.4 Å². The quantitative estimate of drug-likeness (QED) is 0.885. The van der Waals surface area contributed by atoms with E-state index in [0.717, 1.165) is 22.5 Å². The SMILES string of the molecule is Cc1cc(S(=O)(=O)NCc2ccc(Cl)cc2)sc1CO. The molecule has 20 heavy (non-hydrogen) atoms. The average molecular weight is 332 g/mol. The monoisotopic (exact) mass is 331 g/mol. The second kappa shape index (κ2) is 6.24. The van der Waals surface area contributed by atoms with E-state index in [2.05, 4.69) is 4.72 Å². The predicted octanol–water partition coefficient (Wildman–Crippen LogP) is 2.68. The third kappa shape index (κ3) is 3.59. The minimum atomic E-state index is -3.56. The highest BCUT2D eigenvalue weighted by Crippen LogP contribution is 2.26. The number of aliphatic hydroxyl groups is 1. The summed E-state index contributed by atoms with van der Waals surface area (Å²) >= 11 is 6.86. The molecule has 1 aromatic heterocycles. The zero-order valence-electron chi connectivity index (χ0n) is 10.8. The molecular formula is C13H14ClNO3S2. The van der Waals surface area contributed by atoms with Gasteiger partial charge in [0.05, 0.1) is 6.61 Å². The molecule has 0 amide bonds. The van der Waals surface area contributed by atoms with Gasteiger partial charge in [0.15, 0.2) is 0 Å². The number of halogens is 1. The summed E-state index contributed by atoms with van der Waals surface area (Å²) in [5, 5.41) is 9.72. The smallest absolute Gasteiger partial charge is 0.250 e. The molecule has 0 spiro atoms. The highest BCUT2D eigenvalue weighted by atomic mass is 35.5. The summed E-state index contributed by atoms with van der Waals surface area (Å²) in [6.45, 7) is 1.83. The fourth-order valence-corrected chi connectivity index (χ4v) is 4.27. The number of rotatable bonds is 5. The van der Waals surface area contributed by atoms with Gasteiger partial charge in [0.2, 0.25) is 10.0 Å². The average Bonchev–Trinajstić information content (AvgIpc) is 2.80. The molecule has 0 fully saturated rings. The minimum Gasteiger partial charge on any atom is -0.391 e. The number of aliphatic hydroxyl groups excluding tert-OH is 1. The van der Waals surface area contributed by atoms with Crippen molar-refractivity contribution in [3.63, 3.8) is 0 Å². The maximum absolute atomic E-state index is 12.1. The van der Waals surface area contributed by atoms with Gasteiger partial charge < -0.3 is 5.11 Å². The van der Waals surface area contributed by atoms with Crippen LogP contribution in [0, 0.1) is 6.92 Å². The van der Waals surface area contributed by atoms with Crippen molar-refractivity contribution in [2.24, 2.45) is 0 Å². The summed E-state index contributed by atoms with van der Waals surface area (Å²) in [4.78, 5) is 0.664. The number of hydrogen-bond donors (Lipinski definition) is 2. The summed E-state index contributed by atoms with van der Waals surface area (Å²) in [5.41, 5.74) is 1.61. The van der Waals surface area contributed by atoms with E-state index in [0.29, 0.717) is 9.90 Å². The van der Waals surface area contributed by atoms with Crippen LogP contribution in [0.2, 0.25) is 5.02 Å². The second-order valence-corrected chi connectivity index (χ2v) is 7.85. The summed E-state index contributed by atoms with van der Waals surface area (Å²) in [5.74, 6) is 0. The summed E-state index contributed by atoms with van der Waals surface area (Å²) < 4.78 is 27.0. The van der Waals surface area contributed by atoms with E-state index in [1.807, 2.05) is 0 Å². The molecule has 0 aliphatic carbocycles. The summed E-state index contributed by atoms with van der Waals surface area (Å²) in [7, 11) is -3.56. The van der Waals surface area contributed by atoms with Crippen molar-refractivity contribution >= 4 is 33.0 Å². The standard InChI is InChI=1S/C13H14ClNO3S2/c1-9-6-13(19-12(9)8-16)20(17,18)15-7-10-2-4-11(14)5-3-10/h2-6,15-16H,7-8H2,1H3. The number of benzene rings is 1. The van der Waals surface area contributed by atoms with Crippen LogP contribution in [-0.4, -0.2) is 13.5 Å². The van der Waals surface area contributed by atoms with Crippen molar-refractivity contribution in [3.8, 4) is 0 Å².